The first kappa shape index (κ1) is 13.1. The largest absolute Gasteiger partial charge is 0.288 e. The minimum Gasteiger partial charge on any atom is -0.288 e. The van der Waals surface area contributed by atoms with E-state index in [-0.39, 0.29) is 5.78 Å². The summed E-state index contributed by atoms with van der Waals surface area (Å²) in [5, 5.41) is 1.14. The minimum atomic E-state index is 0.113. The van der Waals surface area contributed by atoms with E-state index in [4.69, 9.17) is 0 Å². The lowest BCUT2D eigenvalue weighted by Crippen LogP contribution is -1.99. The van der Waals surface area contributed by atoms with Crippen molar-refractivity contribution >= 4 is 27.2 Å². The Bertz CT molecular complexity index is 717. The van der Waals surface area contributed by atoms with E-state index in [9.17, 15) is 4.79 Å². The van der Waals surface area contributed by atoms with Gasteiger partial charge < -0.3 is 0 Å². The van der Waals surface area contributed by atoms with Gasteiger partial charge in [0, 0.05) is 10.3 Å². The Morgan fingerprint density at radius 2 is 1.70 bits per heavy atom. The SMILES string of the molecule is CC(C)c1ccc(C(=O)c2cc3ccccc3s2)cc1. The first-order chi connectivity index (χ1) is 9.65. The highest BCUT2D eigenvalue weighted by Gasteiger charge is 2.12. The van der Waals surface area contributed by atoms with Gasteiger partial charge in [-0.25, -0.2) is 0 Å². The van der Waals surface area contributed by atoms with Gasteiger partial charge in [-0.15, -0.1) is 11.3 Å². The molecule has 0 bridgehead atoms. The number of fused-ring (bicyclic) bond motifs is 1. The second-order valence-electron chi connectivity index (χ2n) is 5.25. The van der Waals surface area contributed by atoms with Gasteiger partial charge >= 0.3 is 0 Å². The van der Waals surface area contributed by atoms with Crippen LogP contribution in [0.25, 0.3) is 10.1 Å². The van der Waals surface area contributed by atoms with Gasteiger partial charge in [0.1, 0.15) is 0 Å². The number of carbonyl (C=O) groups excluding carboxylic acids is 1. The van der Waals surface area contributed by atoms with Crippen LogP contribution < -0.4 is 0 Å². The molecule has 2 aromatic carbocycles. The summed E-state index contributed by atoms with van der Waals surface area (Å²) in [7, 11) is 0. The molecule has 0 aliphatic heterocycles. The number of hydrogen-bond donors (Lipinski definition) is 0. The molecule has 1 heterocycles. The molecule has 20 heavy (non-hydrogen) atoms. The van der Waals surface area contributed by atoms with Crippen LogP contribution in [0.1, 0.15) is 40.6 Å². The van der Waals surface area contributed by atoms with Gasteiger partial charge in [-0.1, -0.05) is 56.3 Å². The van der Waals surface area contributed by atoms with E-state index in [0.29, 0.717) is 5.92 Å². The quantitative estimate of drug-likeness (QED) is 0.598. The molecule has 1 nitrogen and oxygen atoms in total. The highest BCUT2D eigenvalue weighted by Crippen LogP contribution is 2.27. The Hall–Kier alpha value is -1.93. The molecule has 0 aliphatic carbocycles. The third-order valence-corrected chi connectivity index (χ3v) is 4.60. The molecule has 0 saturated heterocycles. The Morgan fingerprint density at radius 3 is 2.35 bits per heavy atom. The van der Waals surface area contributed by atoms with Crippen LogP contribution in [-0.4, -0.2) is 5.78 Å². The Morgan fingerprint density at radius 1 is 1.00 bits per heavy atom. The molecular weight excluding hydrogens is 264 g/mol. The summed E-state index contributed by atoms with van der Waals surface area (Å²) >= 11 is 1.56. The molecule has 0 spiro atoms. The third-order valence-electron chi connectivity index (χ3n) is 3.49. The van der Waals surface area contributed by atoms with E-state index in [0.717, 1.165) is 20.5 Å². The van der Waals surface area contributed by atoms with Crippen molar-refractivity contribution < 1.29 is 4.79 Å². The zero-order valence-corrected chi connectivity index (χ0v) is 12.4. The van der Waals surface area contributed by atoms with Crippen LogP contribution >= 0.6 is 11.3 Å². The van der Waals surface area contributed by atoms with Crippen LogP contribution in [-0.2, 0) is 0 Å². The molecule has 3 aromatic rings. The number of ketones is 1. The van der Waals surface area contributed by atoms with Crippen LogP contribution in [0.5, 0.6) is 0 Å². The summed E-state index contributed by atoms with van der Waals surface area (Å²) in [5.74, 6) is 0.602. The zero-order valence-electron chi connectivity index (χ0n) is 11.6. The van der Waals surface area contributed by atoms with Crippen molar-refractivity contribution in [3.63, 3.8) is 0 Å². The number of hydrogen-bond acceptors (Lipinski definition) is 2. The minimum absolute atomic E-state index is 0.113. The van der Waals surface area contributed by atoms with Crippen molar-refractivity contribution in [3.8, 4) is 0 Å². The summed E-state index contributed by atoms with van der Waals surface area (Å²) < 4.78 is 1.16. The molecule has 0 N–H and O–H groups in total. The van der Waals surface area contributed by atoms with Crippen LogP contribution in [0.15, 0.2) is 54.6 Å². The van der Waals surface area contributed by atoms with Crippen LogP contribution in [0.4, 0.5) is 0 Å². The van der Waals surface area contributed by atoms with E-state index < -0.39 is 0 Å². The molecule has 0 amide bonds. The first-order valence-electron chi connectivity index (χ1n) is 6.78. The molecule has 100 valence electrons. The molecule has 3 rings (SSSR count). The molecule has 0 aliphatic rings. The lowest BCUT2D eigenvalue weighted by molar-refractivity contribution is 0.104. The van der Waals surface area contributed by atoms with Crippen molar-refractivity contribution in [3.05, 3.63) is 70.6 Å². The van der Waals surface area contributed by atoms with Gasteiger partial charge in [0.05, 0.1) is 4.88 Å². The standard InChI is InChI=1S/C18H16OS/c1-12(2)13-7-9-14(10-8-13)18(19)17-11-15-5-3-4-6-16(15)20-17/h3-12H,1-2H3. The lowest BCUT2D eigenvalue weighted by Gasteiger charge is -2.05. The summed E-state index contributed by atoms with van der Waals surface area (Å²) in [4.78, 5) is 13.3. The Labute approximate surface area is 122 Å². The van der Waals surface area contributed by atoms with Gasteiger partial charge in [0.2, 0.25) is 5.78 Å². The Kier molecular flexibility index (Phi) is 3.41. The average Bonchev–Trinajstić information content (AvgIpc) is 2.90. The van der Waals surface area contributed by atoms with Crippen molar-refractivity contribution in [2.45, 2.75) is 19.8 Å². The summed E-state index contributed by atoms with van der Waals surface area (Å²) in [6.07, 6.45) is 0. The van der Waals surface area contributed by atoms with Gasteiger partial charge in [-0.05, 0) is 29.0 Å². The topological polar surface area (TPSA) is 17.1 Å². The van der Waals surface area contributed by atoms with Gasteiger partial charge in [-0.3, -0.25) is 4.79 Å². The summed E-state index contributed by atoms with van der Waals surface area (Å²) in [5.41, 5.74) is 2.03. The fraction of sp³-hybridized carbons (Fsp3) is 0.167. The maximum Gasteiger partial charge on any atom is 0.202 e. The highest BCUT2D eigenvalue weighted by molar-refractivity contribution is 7.21. The number of rotatable bonds is 3. The fourth-order valence-electron chi connectivity index (χ4n) is 2.26. The van der Waals surface area contributed by atoms with Crippen molar-refractivity contribution in [1.82, 2.24) is 0 Å². The normalized spacial score (nSPS) is 11.2. The summed E-state index contributed by atoms with van der Waals surface area (Å²) in [6.45, 7) is 4.31. The third kappa shape index (κ3) is 2.39. The molecule has 2 heteroatoms. The van der Waals surface area contributed by atoms with Gasteiger partial charge in [0.15, 0.2) is 0 Å². The van der Waals surface area contributed by atoms with Crippen molar-refractivity contribution in [2.75, 3.05) is 0 Å². The predicted octanol–water partition coefficient (Wildman–Crippen LogP) is 5.26. The molecule has 1 aromatic heterocycles. The van der Waals surface area contributed by atoms with E-state index >= 15 is 0 Å². The van der Waals surface area contributed by atoms with Crippen LogP contribution in [0.3, 0.4) is 0 Å². The highest BCUT2D eigenvalue weighted by atomic mass is 32.1. The molecule has 0 fully saturated rings. The van der Waals surface area contributed by atoms with Crippen LogP contribution in [0, 0.1) is 0 Å². The average molecular weight is 280 g/mol. The van der Waals surface area contributed by atoms with E-state index in [1.54, 1.807) is 11.3 Å². The second kappa shape index (κ2) is 5.22. The molecule has 0 radical (unpaired) electrons. The second-order valence-corrected chi connectivity index (χ2v) is 6.34. The monoisotopic (exact) mass is 280 g/mol. The maximum absolute atomic E-state index is 12.5. The zero-order chi connectivity index (χ0) is 14.1. The van der Waals surface area contributed by atoms with Crippen molar-refractivity contribution in [2.24, 2.45) is 0 Å². The maximum atomic E-state index is 12.5. The fourth-order valence-corrected chi connectivity index (χ4v) is 3.28. The van der Waals surface area contributed by atoms with Crippen LogP contribution in [0.2, 0.25) is 0 Å². The van der Waals surface area contributed by atoms with E-state index in [1.807, 2.05) is 48.5 Å². The molecule has 0 saturated carbocycles. The van der Waals surface area contributed by atoms with E-state index in [2.05, 4.69) is 19.9 Å². The Balaban J connectivity index is 1.95. The number of carbonyl (C=O) groups is 1. The molecular formula is C18H16OS. The van der Waals surface area contributed by atoms with Gasteiger partial charge in [-0.2, -0.15) is 0 Å². The molecule has 0 atom stereocenters. The predicted molar refractivity (Wildman–Crippen MR) is 85.8 cm³/mol. The van der Waals surface area contributed by atoms with Crippen molar-refractivity contribution in [1.29, 1.82) is 0 Å². The number of benzene rings is 2. The van der Waals surface area contributed by atoms with E-state index in [1.165, 1.54) is 5.56 Å². The first-order valence-corrected chi connectivity index (χ1v) is 7.60. The summed E-state index contributed by atoms with van der Waals surface area (Å²) in [6, 6.07) is 18.0. The number of thiophene rings is 1. The lowest BCUT2D eigenvalue weighted by atomic mass is 10.00. The smallest absolute Gasteiger partial charge is 0.202 e. The molecule has 0 unspecified atom stereocenters. The van der Waals surface area contributed by atoms with Gasteiger partial charge in [0.25, 0.3) is 0 Å².